The van der Waals surface area contributed by atoms with Gasteiger partial charge in [0.15, 0.2) is 0 Å². The summed E-state index contributed by atoms with van der Waals surface area (Å²) in [5.74, 6) is -0.0910. The number of benzene rings is 2. The van der Waals surface area contributed by atoms with Crippen LogP contribution in [0.2, 0.25) is 0 Å². The van der Waals surface area contributed by atoms with Crippen LogP contribution in [-0.4, -0.2) is 30.9 Å². The molecule has 0 spiro atoms. The van der Waals surface area contributed by atoms with Gasteiger partial charge in [0.1, 0.15) is 0 Å². The maximum absolute atomic E-state index is 12.6. The molecule has 0 aliphatic rings. The van der Waals surface area contributed by atoms with Crippen LogP contribution in [0.15, 0.2) is 48.5 Å². The Balaban J connectivity index is 2.02. The fourth-order valence-electron chi connectivity index (χ4n) is 2.73. The highest BCUT2D eigenvalue weighted by Gasteiger charge is 2.14. The highest BCUT2D eigenvalue weighted by Crippen LogP contribution is 2.18. The van der Waals surface area contributed by atoms with Crippen LogP contribution in [0, 0.1) is 6.92 Å². The van der Waals surface area contributed by atoms with Gasteiger partial charge in [0.25, 0.3) is 5.91 Å². The molecule has 0 aliphatic carbocycles. The average molecular weight is 353 g/mol. The minimum atomic E-state index is -0.0908. The van der Waals surface area contributed by atoms with Crippen molar-refractivity contribution in [2.24, 2.45) is 0 Å². The molecule has 0 fully saturated rings. The van der Waals surface area contributed by atoms with E-state index in [0.717, 1.165) is 16.9 Å². The first-order valence-electron chi connectivity index (χ1n) is 8.93. The number of carbonyl (C=O) groups excluding carboxylic acids is 2. The highest BCUT2D eigenvalue weighted by molar-refractivity contribution is 5.97. The Morgan fingerprint density at radius 2 is 1.77 bits per heavy atom. The van der Waals surface area contributed by atoms with E-state index in [4.69, 9.17) is 0 Å². The van der Waals surface area contributed by atoms with Crippen LogP contribution in [0.25, 0.3) is 0 Å². The van der Waals surface area contributed by atoms with Gasteiger partial charge in [-0.25, -0.2) is 0 Å². The van der Waals surface area contributed by atoms with Gasteiger partial charge in [-0.1, -0.05) is 18.2 Å². The SMILES string of the molecule is CCN(C(=O)CNc1ccc(C(=O)NC(C)C)cc1C)c1ccccc1. The largest absolute Gasteiger partial charge is 0.376 e. The number of aryl methyl sites for hydroxylation is 1. The number of carbonyl (C=O) groups is 2. The lowest BCUT2D eigenvalue weighted by molar-refractivity contribution is -0.116. The molecule has 0 heterocycles. The molecular formula is C21H27N3O2. The molecular weight excluding hydrogens is 326 g/mol. The number of para-hydroxylation sites is 1. The van der Waals surface area contributed by atoms with Gasteiger partial charge in [-0.15, -0.1) is 0 Å². The van der Waals surface area contributed by atoms with E-state index < -0.39 is 0 Å². The monoisotopic (exact) mass is 353 g/mol. The van der Waals surface area contributed by atoms with Crippen molar-refractivity contribution in [2.45, 2.75) is 33.7 Å². The summed E-state index contributed by atoms with van der Waals surface area (Å²) in [5.41, 5.74) is 3.28. The van der Waals surface area contributed by atoms with Gasteiger partial charge in [-0.3, -0.25) is 9.59 Å². The lowest BCUT2D eigenvalue weighted by Gasteiger charge is -2.22. The molecule has 2 amide bonds. The molecule has 26 heavy (non-hydrogen) atoms. The Kier molecular flexibility index (Phi) is 6.78. The first-order valence-corrected chi connectivity index (χ1v) is 8.93. The van der Waals surface area contributed by atoms with Crippen LogP contribution in [-0.2, 0) is 4.79 Å². The summed E-state index contributed by atoms with van der Waals surface area (Å²) >= 11 is 0. The van der Waals surface area contributed by atoms with Crippen LogP contribution in [0.5, 0.6) is 0 Å². The summed E-state index contributed by atoms with van der Waals surface area (Å²) in [5, 5.41) is 6.06. The van der Waals surface area contributed by atoms with Crippen molar-refractivity contribution in [1.29, 1.82) is 0 Å². The number of rotatable bonds is 7. The van der Waals surface area contributed by atoms with Crippen molar-refractivity contribution in [3.8, 4) is 0 Å². The van der Waals surface area contributed by atoms with Crippen LogP contribution in [0.4, 0.5) is 11.4 Å². The molecule has 0 saturated carbocycles. The lowest BCUT2D eigenvalue weighted by Crippen LogP contribution is -2.35. The van der Waals surface area contributed by atoms with E-state index in [1.54, 1.807) is 11.0 Å². The summed E-state index contributed by atoms with van der Waals surface area (Å²) in [6.07, 6.45) is 0. The topological polar surface area (TPSA) is 61.4 Å². The standard InChI is InChI=1S/C21H27N3O2/c1-5-24(18-9-7-6-8-10-18)20(25)14-22-19-12-11-17(13-16(19)4)21(26)23-15(2)3/h6-13,15,22H,5,14H2,1-4H3,(H,23,26). The number of likely N-dealkylation sites (N-methyl/N-ethyl adjacent to an activating group) is 1. The summed E-state index contributed by atoms with van der Waals surface area (Å²) in [6.45, 7) is 8.54. The fourth-order valence-corrected chi connectivity index (χ4v) is 2.73. The third kappa shape index (κ3) is 5.09. The second-order valence-corrected chi connectivity index (χ2v) is 6.48. The van der Waals surface area contributed by atoms with Gasteiger partial charge in [0, 0.05) is 29.5 Å². The molecule has 0 aliphatic heterocycles. The Morgan fingerprint density at radius 3 is 2.35 bits per heavy atom. The molecule has 5 nitrogen and oxygen atoms in total. The lowest BCUT2D eigenvalue weighted by atomic mass is 10.1. The molecule has 0 aromatic heterocycles. The molecule has 0 radical (unpaired) electrons. The number of nitrogens with one attached hydrogen (secondary N) is 2. The molecule has 2 rings (SSSR count). The van der Waals surface area contributed by atoms with Crippen molar-refractivity contribution >= 4 is 23.2 Å². The van der Waals surface area contributed by atoms with Crippen LogP contribution >= 0.6 is 0 Å². The predicted octanol–water partition coefficient (Wildman–Crippen LogP) is 3.60. The van der Waals surface area contributed by atoms with Crippen molar-refractivity contribution < 1.29 is 9.59 Å². The van der Waals surface area contributed by atoms with E-state index >= 15 is 0 Å². The molecule has 138 valence electrons. The second kappa shape index (κ2) is 9.04. The molecule has 0 bridgehead atoms. The first-order chi connectivity index (χ1) is 12.4. The molecule has 0 saturated heterocycles. The smallest absolute Gasteiger partial charge is 0.251 e. The van der Waals surface area contributed by atoms with E-state index in [1.807, 2.05) is 70.2 Å². The third-order valence-corrected chi connectivity index (χ3v) is 4.02. The van der Waals surface area contributed by atoms with Crippen molar-refractivity contribution in [1.82, 2.24) is 5.32 Å². The molecule has 2 aromatic carbocycles. The quantitative estimate of drug-likeness (QED) is 0.799. The number of anilines is 2. The zero-order chi connectivity index (χ0) is 19.1. The third-order valence-electron chi connectivity index (χ3n) is 4.02. The summed E-state index contributed by atoms with van der Waals surface area (Å²) in [4.78, 5) is 26.4. The summed E-state index contributed by atoms with van der Waals surface area (Å²) in [7, 11) is 0. The molecule has 0 atom stereocenters. The predicted molar refractivity (Wildman–Crippen MR) is 107 cm³/mol. The highest BCUT2D eigenvalue weighted by atomic mass is 16.2. The number of nitrogens with zero attached hydrogens (tertiary/aromatic N) is 1. The molecule has 5 heteroatoms. The van der Waals surface area contributed by atoms with Crippen molar-refractivity contribution in [3.05, 3.63) is 59.7 Å². The van der Waals surface area contributed by atoms with Crippen LogP contribution in [0.1, 0.15) is 36.7 Å². The molecule has 2 N–H and O–H groups in total. The zero-order valence-electron chi connectivity index (χ0n) is 15.9. The van der Waals surface area contributed by atoms with E-state index in [0.29, 0.717) is 12.1 Å². The molecule has 0 unspecified atom stereocenters. The van der Waals surface area contributed by atoms with Crippen LogP contribution < -0.4 is 15.5 Å². The van der Waals surface area contributed by atoms with Gasteiger partial charge in [0.05, 0.1) is 6.54 Å². The summed E-state index contributed by atoms with van der Waals surface area (Å²) < 4.78 is 0. The minimum Gasteiger partial charge on any atom is -0.376 e. The Morgan fingerprint density at radius 1 is 1.08 bits per heavy atom. The maximum Gasteiger partial charge on any atom is 0.251 e. The van der Waals surface area contributed by atoms with Gasteiger partial charge >= 0.3 is 0 Å². The van der Waals surface area contributed by atoms with Crippen molar-refractivity contribution in [2.75, 3.05) is 23.3 Å². The van der Waals surface area contributed by atoms with Gasteiger partial charge in [-0.2, -0.15) is 0 Å². The second-order valence-electron chi connectivity index (χ2n) is 6.48. The fraction of sp³-hybridized carbons (Fsp3) is 0.333. The van der Waals surface area contributed by atoms with Gasteiger partial charge in [0.2, 0.25) is 5.91 Å². The normalized spacial score (nSPS) is 10.5. The van der Waals surface area contributed by atoms with E-state index in [2.05, 4.69) is 10.6 Å². The summed E-state index contributed by atoms with van der Waals surface area (Å²) in [6, 6.07) is 15.2. The first kappa shape index (κ1) is 19.5. The maximum atomic E-state index is 12.6. The minimum absolute atomic E-state index is 0.000252. The van der Waals surface area contributed by atoms with Gasteiger partial charge in [-0.05, 0) is 63.6 Å². The Bertz CT molecular complexity index is 757. The average Bonchev–Trinajstić information content (AvgIpc) is 2.61. The number of hydrogen-bond donors (Lipinski definition) is 2. The van der Waals surface area contributed by atoms with E-state index in [-0.39, 0.29) is 24.4 Å². The van der Waals surface area contributed by atoms with Crippen LogP contribution in [0.3, 0.4) is 0 Å². The number of amides is 2. The van der Waals surface area contributed by atoms with Gasteiger partial charge < -0.3 is 15.5 Å². The zero-order valence-corrected chi connectivity index (χ0v) is 15.9. The van der Waals surface area contributed by atoms with Crippen molar-refractivity contribution in [3.63, 3.8) is 0 Å². The van der Waals surface area contributed by atoms with E-state index in [1.165, 1.54) is 0 Å². The Labute approximate surface area is 155 Å². The Hall–Kier alpha value is -2.82. The molecule has 2 aromatic rings. The number of hydrogen-bond acceptors (Lipinski definition) is 3. The van der Waals surface area contributed by atoms with E-state index in [9.17, 15) is 9.59 Å².